The molecular weight excluding hydrogens is 321 g/mol. The molecule has 2 rings (SSSR count). The number of nitrogens with zero attached hydrogens (tertiary/aromatic N) is 1. The van der Waals surface area contributed by atoms with Crippen molar-refractivity contribution < 1.29 is 4.79 Å². The van der Waals surface area contributed by atoms with Crippen LogP contribution in [0.3, 0.4) is 0 Å². The third-order valence-corrected chi connectivity index (χ3v) is 3.61. The van der Waals surface area contributed by atoms with Crippen LogP contribution >= 0.6 is 24.8 Å². The lowest BCUT2D eigenvalue weighted by atomic mass is 10.1. The largest absolute Gasteiger partial charge is 0.376 e. The van der Waals surface area contributed by atoms with Gasteiger partial charge in [0.15, 0.2) is 0 Å². The first-order valence-electron chi connectivity index (χ1n) is 7.54. The van der Waals surface area contributed by atoms with Crippen LogP contribution in [0.1, 0.15) is 26.2 Å². The summed E-state index contributed by atoms with van der Waals surface area (Å²) in [5, 5.41) is 6.18. The van der Waals surface area contributed by atoms with Gasteiger partial charge in [0.1, 0.15) is 0 Å². The Morgan fingerprint density at radius 3 is 2.41 bits per heavy atom. The second-order valence-corrected chi connectivity index (χ2v) is 5.55. The zero-order valence-electron chi connectivity index (χ0n) is 13.1. The fourth-order valence-corrected chi connectivity index (χ4v) is 2.64. The van der Waals surface area contributed by atoms with E-state index in [1.165, 1.54) is 32.4 Å². The summed E-state index contributed by atoms with van der Waals surface area (Å²) in [4.78, 5) is 14.3. The average molecular weight is 348 g/mol. The summed E-state index contributed by atoms with van der Waals surface area (Å²) in [6.07, 6.45) is 3.92. The number of benzene rings is 1. The molecule has 1 heterocycles. The molecule has 1 saturated heterocycles. The Kier molecular flexibility index (Phi) is 11.1. The van der Waals surface area contributed by atoms with E-state index < -0.39 is 0 Å². The number of likely N-dealkylation sites (tertiary alicyclic amines) is 1. The van der Waals surface area contributed by atoms with Crippen molar-refractivity contribution in [1.29, 1.82) is 0 Å². The molecular formula is C16H27Cl2N3O. The van der Waals surface area contributed by atoms with Crippen LogP contribution in [0, 0.1) is 0 Å². The van der Waals surface area contributed by atoms with Gasteiger partial charge in [-0.1, -0.05) is 24.6 Å². The smallest absolute Gasteiger partial charge is 0.239 e. The topological polar surface area (TPSA) is 44.4 Å². The summed E-state index contributed by atoms with van der Waals surface area (Å²) in [5.41, 5.74) is 0.978. The predicted octanol–water partition coefficient (Wildman–Crippen LogP) is 2.93. The molecule has 1 aromatic rings. The maximum Gasteiger partial charge on any atom is 0.239 e. The molecule has 1 unspecified atom stereocenters. The molecule has 0 spiro atoms. The van der Waals surface area contributed by atoms with Crippen LogP contribution in [-0.2, 0) is 4.79 Å². The molecule has 0 saturated carbocycles. The predicted molar refractivity (Wildman–Crippen MR) is 97.3 cm³/mol. The summed E-state index contributed by atoms with van der Waals surface area (Å²) in [6.45, 7) is 5.70. The van der Waals surface area contributed by atoms with Crippen LogP contribution in [0.5, 0.6) is 0 Å². The lowest BCUT2D eigenvalue weighted by Crippen LogP contribution is -2.45. The number of rotatable bonds is 6. The van der Waals surface area contributed by atoms with Gasteiger partial charge in [0.25, 0.3) is 0 Å². The van der Waals surface area contributed by atoms with Gasteiger partial charge in [0.2, 0.25) is 5.91 Å². The molecule has 1 aliphatic heterocycles. The minimum atomic E-state index is 0. The Labute approximate surface area is 145 Å². The maximum atomic E-state index is 11.9. The highest BCUT2D eigenvalue weighted by Gasteiger charge is 2.14. The third-order valence-electron chi connectivity index (χ3n) is 3.61. The lowest BCUT2D eigenvalue weighted by Gasteiger charge is -2.29. The number of nitrogens with one attached hydrogen (secondary N) is 2. The molecule has 0 aromatic heterocycles. The maximum absolute atomic E-state index is 11.9. The molecule has 1 atom stereocenters. The summed E-state index contributed by atoms with van der Waals surface area (Å²) in [7, 11) is 0. The van der Waals surface area contributed by atoms with Crippen molar-refractivity contribution >= 4 is 36.4 Å². The Morgan fingerprint density at radius 2 is 1.77 bits per heavy atom. The van der Waals surface area contributed by atoms with Crippen LogP contribution in [0.2, 0.25) is 0 Å². The SMILES string of the molecule is CC(CN1CCCCC1)NC(=O)CNc1ccccc1.Cl.Cl. The third kappa shape index (κ3) is 7.87. The van der Waals surface area contributed by atoms with Gasteiger partial charge in [0.05, 0.1) is 6.54 Å². The highest BCUT2D eigenvalue weighted by molar-refractivity contribution is 5.85. The number of amides is 1. The van der Waals surface area contributed by atoms with Crippen molar-refractivity contribution in [1.82, 2.24) is 10.2 Å². The zero-order chi connectivity index (χ0) is 14.2. The van der Waals surface area contributed by atoms with Gasteiger partial charge in [-0.25, -0.2) is 0 Å². The normalized spacial score (nSPS) is 15.9. The summed E-state index contributed by atoms with van der Waals surface area (Å²) >= 11 is 0. The number of halogens is 2. The van der Waals surface area contributed by atoms with E-state index >= 15 is 0 Å². The van der Waals surface area contributed by atoms with Gasteiger partial charge < -0.3 is 15.5 Å². The number of para-hydroxylation sites is 1. The molecule has 2 N–H and O–H groups in total. The van der Waals surface area contributed by atoms with Gasteiger partial charge in [-0.05, 0) is 45.0 Å². The highest BCUT2D eigenvalue weighted by Crippen LogP contribution is 2.08. The van der Waals surface area contributed by atoms with Gasteiger partial charge in [-0.15, -0.1) is 24.8 Å². The first kappa shape index (κ1) is 21.0. The van der Waals surface area contributed by atoms with Crippen LogP contribution in [-0.4, -0.2) is 43.0 Å². The summed E-state index contributed by atoms with van der Waals surface area (Å²) in [6, 6.07) is 10.0. The summed E-state index contributed by atoms with van der Waals surface area (Å²) in [5.74, 6) is 0.0540. The van der Waals surface area contributed by atoms with Crippen molar-refractivity contribution in [3.8, 4) is 0 Å². The van der Waals surface area contributed by atoms with Crippen molar-refractivity contribution in [2.24, 2.45) is 0 Å². The number of carbonyl (C=O) groups is 1. The van der Waals surface area contributed by atoms with E-state index in [1.54, 1.807) is 0 Å². The Hall–Kier alpha value is -0.970. The van der Waals surface area contributed by atoms with E-state index in [2.05, 4.69) is 22.5 Å². The Balaban J connectivity index is 0.00000220. The number of anilines is 1. The number of hydrogen-bond donors (Lipinski definition) is 2. The minimum absolute atomic E-state index is 0. The van der Waals surface area contributed by atoms with Gasteiger partial charge in [-0.2, -0.15) is 0 Å². The lowest BCUT2D eigenvalue weighted by molar-refractivity contribution is -0.120. The second kappa shape index (κ2) is 11.6. The van der Waals surface area contributed by atoms with Crippen LogP contribution in [0.4, 0.5) is 5.69 Å². The second-order valence-electron chi connectivity index (χ2n) is 5.55. The first-order chi connectivity index (χ1) is 9.74. The minimum Gasteiger partial charge on any atom is -0.376 e. The van der Waals surface area contributed by atoms with E-state index in [4.69, 9.17) is 0 Å². The quantitative estimate of drug-likeness (QED) is 0.831. The molecule has 0 aliphatic carbocycles. The molecule has 22 heavy (non-hydrogen) atoms. The Bertz CT molecular complexity index is 411. The fraction of sp³-hybridized carbons (Fsp3) is 0.562. The van der Waals surface area contributed by atoms with Crippen LogP contribution in [0.25, 0.3) is 0 Å². The van der Waals surface area contributed by atoms with Crippen molar-refractivity contribution in [3.63, 3.8) is 0 Å². The molecule has 1 aliphatic rings. The number of piperidine rings is 1. The molecule has 4 nitrogen and oxygen atoms in total. The van der Waals surface area contributed by atoms with Crippen molar-refractivity contribution in [3.05, 3.63) is 30.3 Å². The molecule has 1 amide bonds. The van der Waals surface area contributed by atoms with Gasteiger partial charge in [-0.3, -0.25) is 4.79 Å². The van der Waals surface area contributed by atoms with Crippen LogP contribution < -0.4 is 10.6 Å². The van der Waals surface area contributed by atoms with E-state index in [0.717, 1.165) is 12.2 Å². The van der Waals surface area contributed by atoms with E-state index in [0.29, 0.717) is 6.54 Å². The van der Waals surface area contributed by atoms with Gasteiger partial charge >= 0.3 is 0 Å². The monoisotopic (exact) mass is 347 g/mol. The average Bonchev–Trinajstić information content (AvgIpc) is 2.47. The zero-order valence-corrected chi connectivity index (χ0v) is 14.7. The molecule has 0 bridgehead atoms. The summed E-state index contributed by atoms with van der Waals surface area (Å²) < 4.78 is 0. The number of carbonyl (C=O) groups excluding carboxylic acids is 1. The molecule has 6 heteroatoms. The van der Waals surface area contributed by atoms with Crippen molar-refractivity contribution in [2.45, 2.75) is 32.2 Å². The van der Waals surface area contributed by atoms with E-state index in [-0.39, 0.29) is 36.8 Å². The fourth-order valence-electron chi connectivity index (χ4n) is 2.64. The molecule has 1 aromatic carbocycles. The molecule has 0 radical (unpaired) electrons. The highest BCUT2D eigenvalue weighted by atomic mass is 35.5. The van der Waals surface area contributed by atoms with E-state index in [9.17, 15) is 4.79 Å². The Morgan fingerprint density at radius 1 is 1.14 bits per heavy atom. The van der Waals surface area contributed by atoms with E-state index in [1.807, 2.05) is 30.3 Å². The van der Waals surface area contributed by atoms with Crippen LogP contribution in [0.15, 0.2) is 30.3 Å². The standard InChI is InChI=1S/C16H25N3O.2ClH/c1-14(13-19-10-6-3-7-11-19)18-16(20)12-17-15-8-4-2-5-9-15;;/h2,4-5,8-9,14,17H,3,6-7,10-13H2,1H3,(H,18,20);2*1H. The first-order valence-corrected chi connectivity index (χ1v) is 7.54. The van der Waals surface area contributed by atoms with Crippen molar-refractivity contribution in [2.75, 3.05) is 31.5 Å². The molecule has 126 valence electrons. The number of hydrogen-bond acceptors (Lipinski definition) is 3. The van der Waals surface area contributed by atoms with Gasteiger partial charge in [0, 0.05) is 18.3 Å². The molecule has 1 fully saturated rings.